The van der Waals surface area contributed by atoms with Crippen molar-refractivity contribution in [1.29, 1.82) is 0 Å². The van der Waals surface area contributed by atoms with Gasteiger partial charge >= 0.3 is 0 Å². The van der Waals surface area contributed by atoms with Gasteiger partial charge < -0.3 is 4.74 Å². The van der Waals surface area contributed by atoms with Crippen LogP contribution in [-0.2, 0) is 14.8 Å². The second-order valence-corrected chi connectivity index (χ2v) is 6.69. The lowest BCUT2D eigenvalue weighted by Gasteiger charge is -2.35. The first-order valence-corrected chi connectivity index (χ1v) is 7.79. The summed E-state index contributed by atoms with van der Waals surface area (Å²) < 4.78 is 31.1. The molecule has 1 heterocycles. The van der Waals surface area contributed by atoms with Crippen molar-refractivity contribution >= 4 is 21.6 Å². The number of sulfonamides is 1. The van der Waals surface area contributed by atoms with Gasteiger partial charge in [-0.05, 0) is 26.7 Å². The molecular formula is C10H20ClNO3S. The monoisotopic (exact) mass is 269 g/mol. The molecule has 0 aromatic carbocycles. The number of hydrogen-bond donors (Lipinski definition) is 0. The fourth-order valence-electron chi connectivity index (χ4n) is 1.76. The van der Waals surface area contributed by atoms with Gasteiger partial charge in [-0.15, -0.1) is 11.6 Å². The van der Waals surface area contributed by atoms with Gasteiger partial charge in [0.15, 0.2) is 0 Å². The van der Waals surface area contributed by atoms with Crippen LogP contribution in [0.1, 0.15) is 26.7 Å². The zero-order valence-electron chi connectivity index (χ0n) is 9.86. The van der Waals surface area contributed by atoms with Crippen LogP contribution < -0.4 is 0 Å². The van der Waals surface area contributed by atoms with Gasteiger partial charge in [-0.2, -0.15) is 4.31 Å². The second-order valence-electron chi connectivity index (χ2n) is 4.27. The van der Waals surface area contributed by atoms with Gasteiger partial charge in [0.25, 0.3) is 0 Å². The van der Waals surface area contributed by atoms with Crippen LogP contribution in [0.5, 0.6) is 0 Å². The summed E-state index contributed by atoms with van der Waals surface area (Å²) in [7, 11) is -3.14. The summed E-state index contributed by atoms with van der Waals surface area (Å²) in [6, 6.07) is -0.0581. The van der Waals surface area contributed by atoms with Crippen molar-refractivity contribution in [3.05, 3.63) is 0 Å². The molecule has 2 unspecified atom stereocenters. The molecule has 0 aromatic heterocycles. The van der Waals surface area contributed by atoms with Crippen LogP contribution in [-0.4, -0.2) is 49.7 Å². The van der Waals surface area contributed by atoms with Crippen molar-refractivity contribution in [2.24, 2.45) is 0 Å². The summed E-state index contributed by atoms with van der Waals surface area (Å²) in [5, 5.41) is 0. The third-order valence-corrected chi connectivity index (χ3v) is 4.99. The Hall–Kier alpha value is 0.160. The van der Waals surface area contributed by atoms with E-state index in [9.17, 15) is 8.42 Å². The number of ether oxygens (including phenoxy) is 1. The van der Waals surface area contributed by atoms with Gasteiger partial charge in [-0.1, -0.05) is 0 Å². The quantitative estimate of drug-likeness (QED) is 0.561. The molecule has 0 amide bonds. The largest absolute Gasteiger partial charge is 0.375 e. The highest BCUT2D eigenvalue weighted by Crippen LogP contribution is 2.17. The lowest BCUT2D eigenvalue weighted by Crippen LogP contribution is -2.50. The highest BCUT2D eigenvalue weighted by atomic mass is 35.5. The summed E-state index contributed by atoms with van der Waals surface area (Å²) in [4.78, 5) is 0. The van der Waals surface area contributed by atoms with Crippen LogP contribution in [0.2, 0.25) is 0 Å². The Morgan fingerprint density at radius 2 is 2.06 bits per heavy atom. The number of hydrogen-bond acceptors (Lipinski definition) is 3. The minimum Gasteiger partial charge on any atom is -0.375 e. The number of morpholine rings is 1. The Labute approximate surface area is 103 Å². The maximum atomic E-state index is 12.0. The number of alkyl halides is 1. The average Bonchev–Trinajstić information content (AvgIpc) is 2.22. The van der Waals surface area contributed by atoms with Crippen LogP contribution in [0.15, 0.2) is 0 Å². The van der Waals surface area contributed by atoms with Crippen LogP contribution >= 0.6 is 11.6 Å². The molecule has 1 fully saturated rings. The minimum atomic E-state index is -3.14. The maximum absolute atomic E-state index is 12.0. The fraction of sp³-hybridized carbons (Fsp3) is 1.00. The molecule has 1 rings (SSSR count). The van der Waals surface area contributed by atoms with Crippen LogP contribution in [0.3, 0.4) is 0 Å². The molecule has 16 heavy (non-hydrogen) atoms. The Bertz CT molecular complexity index is 307. The molecule has 96 valence electrons. The van der Waals surface area contributed by atoms with Crippen molar-refractivity contribution in [1.82, 2.24) is 4.31 Å². The Kier molecular flexibility index (Phi) is 5.50. The maximum Gasteiger partial charge on any atom is 0.214 e. The lowest BCUT2D eigenvalue weighted by molar-refractivity contribution is -0.0170. The zero-order valence-corrected chi connectivity index (χ0v) is 11.4. The van der Waals surface area contributed by atoms with E-state index in [2.05, 4.69) is 0 Å². The van der Waals surface area contributed by atoms with Crippen molar-refractivity contribution in [3.63, 3.8) is 0 Å². The normalized spacial score (nSPS) is 28.2. The van der Waals surface area contributed by atoms with E-state index in [1.54, 1.807) is 4.31 Å². The van der Waals surface area contributed by atoms with Crippen molar-refractivity contribution < 1.29 is 13.2 Å². The number of nitrogens with zero attached hydrogens (tertiary/aromatic N) is 1. The van der Waals surface area contributed by atoms with Crippen LogP contribution in [0.4, 0.5) is 0 Å². The molecule has 0 bridgehead atoms. The SMILES string of the molecule is CC1CN(S(=O)(=O)CCCCCl)C(C)CO1. The van der Waals surface area contributed by atoms with Gasteiger partial charge in [0, 0.05) is 18.5 Å². The molecular weight excluding hydrogens is 250 g/mol. The smallest absolute Gasteiger partial charge is 0.214 e. The van der Waals surface area contributed by atoms with Gasteiger partial charge in [0.1, 0.15) is 0 Å². The first-order chi connectivity index (χ1) is 7.47. The van der Waals surface area contributed by atoms with Crippen LogP contribution in [0.25, 0.3) is 0 Å². The Morgan fingerprint density at radius 3 is 2.69 bits per heavy atom. The number of unbranched alkanes of at least 4 members (excludes halogenated alkanes) is 1. The van der Waals surface area contributed by atoms with Gasteiger partial charge in [0.2, 0.25) is 10.0 Å². The van der Waals surface area contributed by atoms with E-state index in [1.807, 2.05) is 13.8 Å². The molecule has 1 saturated heterocycles. The molecule has 0 spiro atoms. The number of halogens is 1. The first-order valence-electron chi connectivity index (χ1n) is 5.64. The molecule has 0 saturated carbocycles. The highest BCUT2D eigenvalue weighted by molar-refractivity contribution is 7.89. The average molecular weight is 270 g/mol. The van der Waals surface area contributed by atoms with E-state index in [1.165, 1.54) is 0 Å². The van der Waals surface area contributed by atoms with E-state index >= 15 is 0 Å². The zero-order chi connectivity index (χ0) is 12.2. The van der Waals surface area contributed by atoms with E-state index in [4.69, 9.17) is 16.3 Å². The van der Waals surface area contributed by atoms with Crippen LogP contribution in [0, 0.1) is 0 Å². The lowest BCUT2D eigenvalue weighted by atomic mass is 10.2. The fourth-order valence-corrected chi connectivity index (χ4v) is 3.80. The van der Waals surface area contributed by atoms with Gasteiger partial charge in [-0.3, -0.25) is 0 Å². The molecule has 0 aliphatic carbocycles. The minimum absolute atomic E-state index is 0.0148. The van der Waals surface area contributed by atoms with E-state index in [0.717, 1.165) is 6.42 Å². The molecule has 1 aliphatic rings. The highest BCUT2D eigenvalue weighted by Gasteiger charge is 2.32. The van der Waals surface area contributed by atoms with Gasteiger partial charge in [0.05, 0.1) is 18.5 Å². The van der Waals surface area contributed by atoms with Crippen molar-refractivity contribution in [2.45, 2.75) is 38.8 Å². The predicted octanol–water partition coefficient (Wildman–Crippen LogP) is 1.44. The molecule has 2 atom stereocenters. The summed E-state index contributed by atoms with van der Waals surface area (Å²) in [6.45, 7) is 4.72. The Balaban J connectivity index is 2.58. The third kappa shape index (κ3) is 3.87. The third-order valence-electron chi connectivity index (χ3n) is 2.69. The summed E-state index contributed by atoms with van der Waals surface area (Å²) in [5.74, 6) is 0.710. The molecule has 0 radical (unpaired) electrons. The second kappa shape index (κ2) is 6.19. The molecule has 6 heteroatoms. The topological polar surface area (TPSA) is 46.6 Å². The molecule has 1 aliphatic heterocycles. The Morgan fingerprint density at radius 1 is 1.38 bits per heavy atom. The standard InChI is InChI=1S/C10H20ClNO3S/c1-9-8-15-10(2)7-12(9)16(13,14)6-4-3-5-11/h9-10H,3-8H2,1-2H3. The van der Waals surface area contributed by atoms with Gasteiger partial charge in [-0.25, -0.2) is 8.42 Å². The summed E-state index contributed by atoms with van der Waals surface area (Å²) in [6.07, 6.45) is 1.36. The van der Waals surface area contributed by atoms with E-state index in [-0.39, 0.29) is 17.9 Å². The molecule has 4 nitrogen and oxygen atoms in total. The first kappa shape index (κ1) is 14.2. The van der Waals surface area contributed by atoms with E-state index in [0.29, 0.717) is 25.5 Å². The molecule has 0 aromatic rings. The molecule has 0 N–H and O–H groups in total. The van der Waals surface area contributed by atoms with Crippen molar-refractivity contribution in [3.8, 4) is 0 Å². The number of rotatable bonds is 5. The van der Waals surface area contributed by atoms with E-state index < -0.39 is 10.0 Å². The van der Waals surface area contributed by atoms with Crippen molar-refractivity contribution in [2.75, 3.05) is 24.8 Å². The summed E-state index contributed by atoms with van der Waals surface area (Å²) in [5.41, 5.74) is 0. The predicted molar refractivity (Wildman–Crippen MR) is 65.3 cm³/mol. The summed E-state index contributed by atoms with van der Waals surface area (Å²) >= 11 is 5.54.